The average molecular weight is 283 g/mol. The van der Waals surface area contributed by atoms with E-state index in [4.69, 9.17) is 5.10 Å². The Bertz CT molecular complexity index is 616. The molecule has 21 heavy (non-hydrogen) atoms. The number of hydrogen-bond donors (Lipinski definition) is 0. The molecule has 1 aromatic carbocycles. The lowest BCUT2D eigenvalue weighted by Crippen LogP contribution is -2.56. The molecule has 3 fully saturated rings. The van der Waals surface area contributed by atoms with E-state index in [1.54, 1.807) is 11.9 Å². The summed E-state index contributed by atoms with van der Waals surface area (Å²) in [7, 11) is 0. The van der Waals surface area contributed by atoms with Gasteiger partial charge in [-0.2, -0.15) is 5.10 Å². The van der Waals surface area contributed by atoms with Crippen LogP contribution in [0.5, 0.6) is 0 Å². The van der Waals surface area contributed by atoms with E-state index in [1.807, 2.05) is 0 Å². The molecule has 4 heterocycles. The molecule has 0 radical (unpaired) electrons. The fraction of sp³-hybridized carbons (Fsp3) is 0.529. The number of nitrogens with zero attached hydrogens (tertiary/aromatic N) is 3. The Morgan fingerprint density at radius 3 is 2.57 bits per heavy atom. The van der Waals surface area contributed by atoms with Crippen molar-refractivity contribution in [2.24, 2.45) is 11.0 Å². The lowest BCUT2D eigenvalue weighted by molar-refractivity contribution is -0.131. The van der Waals surface area contributed by atoms with Crippen LogP contribution in [0.2, 0.25) is 0 Å². The maximum Gasteiger partial charge on any atom is 0.240 e. The van der Waals surface area contributed by atoms with Crippen LogP contribution < -0.4 is 0 Å². The van der Waals surface area contributed by atoms with Crippen molar-refractivity contribution < 1.29 is 4.79 Å². The zero-order valence-electron chi connectivity index (χ0n) is 12.6. The second kappa shape index (κ2) is 4.67. The van der Waals surface area contributed by atoms with Crippen molar-refractivity contribution in [1.29, 1.82) is 0 Å². The van der Waals surface area contributed by atoms with E-state index in [-0.39, 0.29) is 11.9 Å². The predicted molar refractivity (Wildman–Crippen MR) is 82.0 cm³/mol. The second-order valence-electron chi connectivity index (χ2n) is 6.44. The van der Waals surface area contributed by atoms with Crippen molar-refractivity contribution >= 4 is 11.6 Å². The van der Waals surface area contributed by atoms with Crippen LogP contribution in [0.4, 0.5) is 0 Å². The third-order valence-electron chi connectivity index (χ3n) is 5.26. The molecule has 4 aliphatic heterocycles. The quantitative estimate of drug-likeness (QED) is 0.793. The molecule has 110 valence electrons. The van der Waals surface area contributed by atoms with Gasteiger partial charge in [0.2, 0.25) is 5.91 Å². The number of benzene rings is 1. The minimum absolute atomic E-state index is 0.0470. The molecular weight excluding hydrogens is 262 g/mol. The smallest absolute Gasteiger partial charge is 0.240 e. The maximum absolute atomic E-state index is 12.1. The van der Waals surface area contributed by atoms with Gasteiger partial charge in [0.15, 0.2) is 0 Å². The summed E-state index contributed by atoms with van der Waals surface area (Å²) < 4.78 is 0. The van der Waals surface area contributed by atoms with E-state index in [9.17, 15) is 4.79 Å². The molecule has 1 aromatic rings. The van der Waals surface area contributed by atoms with Crippen molar-refractivity contribution in [2.45, 2.75) is 38.8 Å². The Hall–Kier alpha value is -1.68. The molecular formula is C17H21N3O. The van der Waals surface area contributed by atoms with Crippen molar-refractivity contribution in [3.05, 3.63) is 35.4 Å². The van der Waals surface area contributed by atoms with Crippen molar-refractivity contribution in [3.8, 4) is 0 Å². The molecule has 4 nitrogen and oxygen atoms in total. The first-order valence-electron chi connectivity index (χ1n) is 7.84. The number of rotatable bonds is 1. The van der Waals surface area contributed by atoms with E-state index >= 15 is 0 Å². The molecule has 2 bridgehead atoms. The molecule has 0 spiro atoms. The average Bonchev–Trinajstić information content (AvgIpc) is 2.91. The number of carbonyl (C=O) groups is 1. The van der Waals surface area contributed by atoms with Gasteiger partial charge in [0.25, 0.3) is 0 Å². The van der Waals surface area contributed by atoms with Crippen molar-refractivity contribution in [3.63, 3.8) is 0 Å². The highest BCUT2D eigenvalue weighted by molar-refractivity contribution is 5.97. The van der Waals surface area contributed by atoms with Gasteiger partial charge >= 0.3 is 0 Å². The molecule has 2 unspecified atom stereocenters. The number of amides is 1. The van der Waals surface area contributed by atoms with Gasteiger partial charge in [-0.15, -0.1) is 0 Å². The van der Waals surface area contributed by atoms with Crippen LogP contribution >= 0.6 is 0 Å². The molecule has 0 aromatic heterocycles. The Morgan fingerprint density at radius 1 is 1.19 bits per heavy atom. The number of hydrazone groups is 1. The number of aryl methyl sites for hydroxylation is 1. The highest BCUT2D eigenvalue weighted by Gasteiger charge is 2.50. The first-order valence-corrected chi connectivity index (χ1v) is 7.84. The van der Waals surface area contributed by atoms with Crippen LogP contribution in [0.1, 0.15) is 36.9 Å². The van der Waals surface area contributed by atoms with Gasteiger partial charge in [-0.1, -0.05) is 24.3 Å². The van der Waals surface area contributed by atoms with Gasteiger partial charge in [-0.3, -0.25) is 9.69 Å². The number of fused-ring (bicyclic) bond motifs is 2. The first kappa shape index (κ1) is 13.0. The van der Waals surface area contributed by atoms with Crippen LogP contribution in [-0.2, 0) is 4.79 Å². The zero-order valence-corrected chi connectivity index (χ0v) is 12.6. The summed E-state index contributed by atoms with van der Waals surface area (Å²) in [5.41, 5.74) is 3.73. The molecule has 1 amide bonds. The fourth-order valence-electron chi connectivity index (χ4n) is 4.21. The maximum atomic E-state index is 12.1. The molecule has 0 saturated carbocycles. The zero-order chi connectivity index (χ0) is 14.6. The highest BCUT2D eigenvalue weighted by atomic mass is 16.2. The summed E-state index contributed by atoms with van der Waals surface area (Å²) in [4.78, 5) is 14.6. The molecule has 3 saturated heterocycles. The van der Waals surface area contributed by atoms with Crippen LogP contribution in [0, 0.1) is 12.8 Å². The van der Waals surface area contributed by atoms with Crippen LogP contribution in [0.15, 0.2) is 29.4 Å². The van der Waals surface area contributed by atoms with Crippen molar-refractivity contribution in [2.75, 3.05) is 13.1 Å². The van der Waals surface area contributed by atoms with Gasteiger partial charge in [-0.25, -0.2) is 5.01 Å². The lowest BCUT2D eigenvalue weighted by Gasteiger charge is -2.46. The summed E-state index contributed by atoms with van der Waals surface area (Å²) in [5.74, 6) is 0.627. The summed E-state index contributed by atoms with van der Waals surface area (Å²) in [6.07, 6.45) is 2.39. The molecule has 4 heteroatoms. The van der Waals surface area contributed by atoms with E-state index in [0.29, 0.717) is 12.0 Å². The number of carbonyl (C=O) groups excluding carboxylic acids is 1. The van der Waals surface area contributed by atoms with E-state index < -0.39 is 0 Å². The van der Waals surface area contributed by atoms with Gasteiger partial charge < -0.3 is 0 Å². The SMILES string of the molecule is CC(=O)N1N=C2C3CCN(CC3)C2C1c1ccccc1C. The van der Waals surface area contributed by atoms with Crippen LogP contribution in [-0.4, -0.2) is 40.7 Å². The van der Waals surface area contributed by atoms with Crippen LogP contribution in [0.3, 0.4) is 0 Å². The topological polar surface area (TPSA) is 35.9 Å². The molecule has 5 rings (SSSR count). The highest BCUT2D eigenvalue weighted by Crippen LogP contribution is 2.43. The van der Waals surface area contributed by atoms with E-state index in [0.717, 1.165) is 13.1 Å². The van der Waals surface area contributed by atoms with Crippen LogP contribution in [0.25, 0.3) is 0 Å². The summed E-state index contributed by atoms with van der Waals surface area (Å²) in [6, 6.07) is 8.75. The largest absolute Gasteiger partial charge is 0.293 e. The minimum atomic E-state index is 0.0470. The normalized spacial score (nSPS) is 33.8. The molecule has 0 aliphatic carbocycles. The van der Waals surface area contributed by atoms with E-state index in [2.05, 4.69) is 36.1 Å². The van der Waals surface area contributed by atoms with Gasteiger partial charge in [0.05, 0.1) is 11.8 Å². The van der Waals surface area contributed by atoms with Gasteiger partial charge in [0.1, 0.15) is 6.04 Å². The number of hydrogen-bond acceptors (Lipinski definition) is 3. The minimum Gasteiger partial charge on any atom is -0.293 e. The second-order valence-corrected chi connectivity index (χ2v) is 6.44. The molecule has 2 atom stereocenters. The monoisotopic (exact) mass is 283 g/mol. The molecule has 4 aliphatic rings. The lowest BCUT2D eigenvalue weighted by atomic mass is 9.77. The third-order valence-corrected chi connectivity index (χ3v) is 5.26. The standard InChI is InChI=1S/C17H21N3O/c1-11-5-3-4-6-14(11)16-17-15(18-20(16)12(2)21)13-7-9-19(17)10-8-13/h3-6,13,16-17H,7-10H2,1-2H3. The Kier molecular flexibility index (Phi) is 2.89. The Balaban J connectivity index is 1.81. The Labute approximate surface area is 125 Å². The summed E-state index contributed by atoms with van der Waals surface area (Å²) in [6.45, 7) is 6.04. The predicted octanol–water partition coefficient (Wildman–Crippen LogP) is 2.35. The summed E-state index contributed by atoms with van der Waals surface area (Å²) >= 11 is 0. The van der Waals surface area contributed by atoms with Crippen molar-refractivity contribution in [1.82, 2.24) is 9.91 Å². The third kappa shape index (κ3) is 1.85. The van der Waals surface area contributed by atoms with E-state index in [1.165, 1.54) is 29.7 Å². The van der Waals surface area contributed by atoms with Gasteiger partial charge in [0, 0.05) is 12.8 Å². The molecule has 0 N–H and O–H groups in total. The fourth-order valence-corrected chi connectivity index (χ4v) is 4.21. The van der Waals surface area contributed by atoms with Gasteiger partial charge in [-0.05, 0) is 44.0 Å². The number of piperidine rings is 3. The first-order chi connectivity index (χ1) is 10.2. The summed E-state index contributed by atoms with van der Waals surface area (Å²) in [5, 5.41) is 6.49. The Morgan fingerprint density at radius 2 is 1.90 bits per heavy atom.